The van der Waals surface area contributed by atoms with Gasteiger partial charge in [-0.05, 0) is 77.2 Å². The van der Waals surface area contributed by atoms with Gasteiger partial charge in [0.05, 0.1) is 6.10 Å². The predicted molar refractivity (Wildman–Crippen MR) is 126 cm³/mol. The molecule has 1 aromatic heterocycles. The number of fused-ring (bicyclic) bond motifs is 1. The number of hydrogen-bond donors (Lipinski definition) is 3. The Morgan fingerprint density at radius 3 is 2.84 bits per heavy atom. The van der Waals surface area contributed by atoms with Crippen LogP contribution in [-0.2, 0) is 0 Å². The van der Waals surface area contributed by atoms with Gasteiger partial charge in [-0.3, -0.25) is 4.79 Å². The molecule has 1 aromatic carbocycles. The lowest BCUT2D eigenvalue weighted by Gasteiger charge is -2.33. The SMILES string of the molecule is CC(C)Oc1cccc2[nH]c(C(=O)NC3CCN(CCC4CCCCCN4)CC3)cc12. The largest absolute Gasteiger partial charge is 0.490 e. The van der Waals surface area contributed by atoms with Crippen LogP contribution in [0.4, 0.5) is 0 Å². The molecule has 2 aromatic rings. The summed E-state index contributed by atoms with van der Waals surface area (Å²) in [5.41, 5.74) is 1.54. The molecule has 3 heterocycles. The number of hydrogen-bond acceptors (Lipinski definition) is 4. The second-order valence-electron chi connectivity index (χ2n) is 9.45. The van der Waals surface area contributed by atoms with E-state index in [0.717, 1.165) is 42.6 Å². The van der Waals surface area contributed by atoms with E-state index in [0.29, 0.717) is 11.7 Å². The Morgan fingerprint density at radius 1 is 1.19 bits per heavy atom. The molecule has 0 radical (unpaired) electrons. The van der Waals surface area contributed by atoms with Crippen LogP contribution in [0.25, 0.3) is 10.9 Å². The molecule has 31 heavy (non-hydrogen) atoms. The number of nitrogens with one attached hydrogen (secondary N) is 3. The van der Waals surface area contributed by atoms with Crippen molar-refractivity contribution >= 4 is 16.8 Å². The number of carbonyl (C=O) groups excluding carboxylic acids is 1. The monoisotopic (exact) mass is 426 g/mol. The molecular formula is C25H38N4O2. The summed E-state index contributed by atoms with van der Waals surface area (Å²) in [4.78, 5) is 18.7. The van der Waals surface area contributed by atoms with E-state index in [1.54, 1.807) is 0 Å². The fourth-order valence-corrected chi connectivity index (χ4v) is 4.86. The summed E-state index contributed by atoms with van der Waals surface area (Å²) >= 11 is 0. The van der Waals surface area contributed by atoms with Crippen molar-refractivity contribution in [1.82, 2.24) is 20.5 Å². The third-order valence-corrected chi connectivity index (χ3v) is 6.61. The average molecular weight is 427 g/mol. The number of H-pyrrole nitrogens is 1. The number of benzene rings is 1. The van der Waals surface area contributed by atoms with E-state index in [1.165, 1.54) is 45.2 Å². The van der Waals surface area contributed by atoms with Gasteiger partial charge in [-0.1, -0.05) is 18.9 Å². The van der Waals surface area contributed by atoms with E-state index in [9.17, 15) is 4.79 Å². The maximum atomic E-state index is 12.9. The number of likely N-dealkylation sites (tertiary alicyclic amines) is 1. The summed E-state index contributed by atoms with van der Waals surface area (Å²) in [6.07, 6.45) is 8.76. The molecule has 0 spiro atoms. The number of rotatable bonds is 7. The quantitative estimate of drug-likeness (QED) is 0.624. The van der Waals surface area contributed by atoms with Gasteiger partial charge in [-0.2, -0.15) is 0 Å². The van der Waals surface area contributed by atoms with Gasteiger partial charge in [0.1, 0.15) is 11.4 Å². The molecule has 6 heteroatoms. The number of aromatic nitrogens is 1. The molecule has 6 nitrogen and oxygen atoms in total. The Kier molecular flexibility index (Phi) is 7.51. The predicted octanol–water partition coefficient (Wildman–Crippen LogP) is 4.07. The number of nitrogens with zero attached hydrogens (tertiary/aromatic N) is 1. The average Bonchev–Trinajstić information content (AvgIpc) is 3.03. The first-order valence-electron chi connectivity index (χ1n) is 12.1. The van der Waals surface area contributed by atoms with Crippen molar-refractivity contribution in [1.29, 1.82) is 0 Å². The number of carbonyl (C=O) groups is 1. The van der Waals surface area contributed by atoms with Crippen LogP contribution in [-0.4, -0.2) is 60.2 Å². The lowest BCUT2D eigenvalue weighted by atomic mass is 10.0. The van der Waals surface area contributed by atoms with Crippen LogP contribution in [0.15, 0.2) is 24.3 Å². The van der Waals surface area contributed by atoms with Crippen LogP contribution in [0.1, 0.15) is 69.3 Å². The van der Waals surface area contributed by atoms with Crippen molar-refractivity contribution < 1.29 is 9.53 Å². The van der Waals surface area contributed by atoms with Gasteiger partial charge in [0, 0.05) is 36.1 Å². The zero-order valence-electron chi connectivity index (χ0n) is 19.1. The molecule has 1 amide bonds. The molecule has 1 unspecified atom stereocenters. The molecule has 0 aliphatic carbocycles. The maximum absolute atomic E-state index is 12.9. The zero-order valence-corrected chi connectivity index (χ0v) is 19.1. The molecule has 2 fully saturated rings. The van der Waals surface area contributed by atoms with E-state index in [-0.39, 0.29) is 18.1 Å². The Bertz CT molecular complexity index is 846. The first-order chi connectivity index (χ1) is 15.1. The minimum atomic E-state index is -0.0206. The van der Waals surface area contributed by atoms with Gasteiger partial charge in [0.15, 0.2) is 0 Å². The fourth-order valence-electron chi connectivity index (χ4n) is 4.86. The molecule has 4 rings (SSSR count). The smallest absolute Gasteiger partial charge is 0.267 e. The Hall–Kier alpha value is -2.05. The molecule has 0 bridgehead atoms. The molecule has 2 aliphatic rings. The highest BCUT2D eigenvalue weighted by atomic mass is 16.5. The van der Waals surface area contributed by atoms with Crippen molar-refractivity contribution in [3.05, 3.63) is 30.0 Å². The summed E-state index contributed by atoms with van der Waals surface area (Å²) in [5.74, 6) is 0.798. The van der Waals surface area contributed by atoms with Crippen LogP contribution >= 0.6 is 0 Å². The van der Waals surface area contributed by atoms with Crippen LogP contribution in [0.2, 0.25) is 0 Å². The van der Waals surface area contributed by atoms with Crippen molar-refractivity contribution in [2.45, 2.75) is 77.0 Å². The third kappa shape index (κ3) is 6.01. The minimum absolute atomic E-state index is 0.0206. The number of piperidine rings is 1. The number of aromatic amines is 1. The molecule has 2 aliphatic heterocycles. The van der Waals surface area contributed by atoms with Crippen molar-refractivity contribution in [2.24, 2.45) is 0 Å². The van der Waals surface area contributed by atoms with Crippen LogP contribution < -0.4 is 15.4 Å². The highest BCUT2D eigenvalue weighted by molar-refractivity contribution is 5.99. The van der Waals surface area contributed by atoms with Crippen molar-refractivity contribution in [2.75, 3.05) is 26.2 Å². The lowest BCUT2D eigenvalue weighted by Crippen LogP contribution is -2.45. The van der Waals surface area contributed by atoms with Crippen LogP contribution in [0.3, 0.4) is 0 Å². The Labute approximate surface area is 186 Å². The minimum Gasteiger partial charge on any atom is -0.490 e. The molecule has 170 valence electrons. The van der Waals surface area contributed by atoms with E-state index < -0.39 is 0 Å². The Balaban J connectivity index is 1.26. The van der Waals surface area contributed by atoms with Gasteiger partial charge in [-0.25, -0.2) is 0 Å². The molecule has 0 saturated carbocycles. The highest BCUT2D eigenvalue weighted by Gasteiger charge is 2.23. The van der Waals surface area contributed by atoms with Gasteiger partial charge < -0.3 is 25.3 Å². The summed E-state index contributed by atoms with van der Waals surface area (Å²) in [5, 5.41) is 7.91. The number of ether oxygens (including phenoxy) is 1. The van der Waals surface area contributed by atoms with Gasteiger partial charge in [-0.15, -0.1) is 0 Å². The first-order valence-corrected chi connectivity index (χ1v) is 12.1. The van der Waals surface area contributed by atoms with Crippen LogP contribution in [0.5, 0.6) is 5.75 Å². The second-order valence-corrected chi connectivity index (χ2v) is 9.45. The summed E-state index contributed by atoms with van der Waals surface area (Å²) in [7, 11) is 0. The Morgan fingerprint density at radius 2 is 2.03 bits per heavy atom. The first kappa shape index (κ1) is 22.2. The van der Waals surface area contributed by atoms with Gasteiger partial charge >= 0.3 is 0 Å². The third-order valence-electron chi connectivity index (χ3n) is 6.61. The van der Waals surface area contributed by atoms with Crippen molar-refractivity contribution in [3.63, 3.8) is 0 Å². The summed E-state index contributed by atoms with van der Waals surface area (Å²) in [6, 6.07) is 8.75. The fraction of sp³-hybridized carbons (Fsp3) is 0.640. The van der Waals surface area contributed by atoms with E-state index >= 15 is 0 Å². The van der Waals surface area contributed by atoms with E-state index in [1.807, 2.05) is 38.1 Å². The zero-order chi connectivity index (χ0) is 21.6. The van der Waals surface area contributed by atoms with Gasteiger partial charge in [0.2, 0.25) is 0 Å². The van der Waals surface area contributed by atoms with Crippen molar-refractivity contribution in [3.8, 4) is 5.75 Å². The molecule has 1 atom stereocenters. The maximum Gasteiger partial charge on any atom is 0.267 e. The molecule has 3 N–H and O–H groups in total. The topological polar surface area (TPSA) is 69.4 Å². The van der Waals surface area contributed by atoms with E-state index in [2.05, 4.69) is 20.5 Å². The van der Waals surface area contributed by atoms with E-state index in [4.69, 9.17) is 4.74 Å². The summed E-state index contributed by atoms with van der Waals surface area (Å²) in [6.45, 7) is 8.50. The summed E-state index contributed by atoms with van der Waals surface area (Å²) < 4.78 is 5.89. The second kappa shape index (κ2) is 10.5. The standard InChI is InChI=1S/C25H38N4O2/c1-18(2)31-24-9-6-8-22-21(24)17-23(28-22)25(30)27-20-11-15-29(16-12-20)14-10-19-7-4-3-5-13-26-19/h6,8-9,17-20,26,28H,3-5,7,10-16H2,1-2H3,(H,27,30). The normalized spacial score (nSPS) is 21.3. The van der Waals surface area contributed by atoms with Gasteiger partial charge in [0.25, 0.3) is 5.91 Å². The molecular weight excluding hydrogens is 388 g/mol. The number of amides is 1. The highest BCUT2D eigenvalue weighted by Crippen LogP contribution is 2.27. The lowest BCUT2D eigenvalue weighted by molar-refractivity contribution is 0.0905. The molecule has 2 saturated heterocycles. The van der Waals surface area contributed by atoms with Crippen LogP contribution in [0, 0.1) is 0 Å².